The van der Waals surface area contributed by atoms with Crippen LogP contribution in [0, 0.1) is 5.92 Å². The van der Waals surface area contributed by atoms with Crippen molar-refractivity contribution in [2.45, 2.75) is 25.6 Å². The molecule has 19 heavy (non-hydrogen) atoms. The van der Waals surface area contributed by atoms with Crippen LogP contribution in [0.3, 0.4) is 0 Å². The van der Waals surface area contributed by atoms with E-state index in [-0.39, 0.29) is 0 Å². The SMILES string of the molecule is c1ccc2c(COC3CN4CCC3CC4)csc2c1. The standard InChI is InChI=1S/C16H19NOS/c1-2-4-16-14(3-1)13(11-19-16)10-18-15-9-17-7-5-12(15)6-8-17/h1-4,11-12,15H,5-10H2. The predicted molar refractivity (Wildman–Crippen MR) is 79.6 cm³/mol. The molecule has 3 aliphatic rings. The molecule has 1 unspecified atom stereocenters. The molecule has 3 fully saturated rings. The van der Waals surface area contributed by atoms with Crippen LogP contribution in [-0.2, 0) is 11.3 Å². The number of hydrogen-bond acceptors (Lipinski definition) is 3. The second-order valence-corrected chi connectivity index (χ2v) is 6.66. The van der Waals surface area contributed by atoms with E-state index in [2.05, 4.69) is 34.5 Å². The highest BCUT2D eigenvalue weighted by Gasteiger charge is 2.34. The van der Waals surface area contributed by atoms with Gasteiger partial charge in [-0.05, 0) is 54.2 Å². The first-order valence-corrected chi connectivity index (χ1v) is 8.07. The summed E-state index contributed by atoms with van der Waals surface area (Å²) >= 11 is 1.83. The average molecular weight is 273 g/mol. The van der Waals surface area contributed by atoms with Crippen LogP contribution >= 0.6 is 11.3 Å². The highest BCUT2D eigenvalue weighted by molar-refractivity contribution is 7.17. The maximum absolute atomic E-state index is 6.23. The Balaban J connectivity index is 1.47. The van der Waals surface area contributed by atoms with E-state index in [4.69, 9.17) is 4.74 Å². The summed E-state index contributed by atoms with van der Waals surface area (Å²) in [6.07, 6.45) is 3.12. The van der Waals surface area contributed by atoms with Gasteiger partial charge in [0, 0.05) is 11.2 Å². The van der Waals surface area contributed by atoms with Gasteiger partial charge >= 0.3 is 0 Å². The maximum atomic E-state index is 6.23. The largest absolute Gasteiger partial charge is 0.372 e. The number of hydrogen-bond donors (Lipinski definition) is 0. The van der Waals surface area contributed by atoms with Crippen molar-refractivity contribution in [3.63, 3.8) is 0 Å². The number of nitrogens with zero attached hydrogens (tertiary/aromatic N) is 1. The van der Waals surface area contributed by atoms with Gasteiger partial charge in [0.25, 0.3) is 0 Å². The zero-order valence-electron chi connectivity index (χ0n) is 11.0. The van der Waals surface area contributed by atoms with Crippen LogP contribution in [0.5, 0.6) is 0 Å². The Morgan fingerprint density at radius 1 is 1.21 bits per heavy atom. The Morgan fingerprint density at radius 2 is 2.05 bits per heavy atom. The van der Waals surface area contributed by atoms with Gasteiger partial charge in [-0.15, -0.1) is 11.3 Å². The molecule has 1 aromatic carbocycles. The van der Waals surface area contributed by atoms with E-state index >= 15 is 0 Å². The maximum Gasteiger partial charge on any atom is 0.0735 e. The molecule has 0 saturated carbocycles. The normalized spacial score (nSPS) is 30.0. The van der Waals surface area contributed by atoms with Crippen molar-refractivity contribution >= 4 is 21.4 Å². The van der Waals surface area contributed by atoms with Crippen LogP contribution < -0.4 is 0 Å². The van der Waals surface area contributed by atoms with Crippen LogP contribution in [0.25, 0.3) is 10.1 Å². The average Bonchev–Trinajstić information content (AvgIpc) is 2.90. The Labute approximate surface area is 118 Å². The molecule has 3 heteroatoms. The van der Waals surface area contributed by atoms with E-state index in [0.717, 1.165) is 19.1 Å². The molecule has 4 heterocycles. The highest BCUT2D eigenvalue weighted by Crippen LogP contribution is 2.31. The fraction of sp³-hybridized carbons (Fsp3) is 0.500. The first-order valence-electron chi connectivity index (χ1n) is 7.19. The van der Waals surface area contributed by atoms with Crippen molar-refractivity contribution in [3.05, 3.63) is 35.2 Å². The van der Waals surface area contributed by atoms with Crippen molar-refractivity contribution in [2.24, 2.45) is 5.92 Å². The number of rotatable bonds is 3. The zero-order chi connectivity index (χ0) is 12.7. The summed E-state index contributed by atoms with van der Waals surface area (Å²) in [5, 5.41) is 3.63. The summed E-state index contributed by atoms with van der Waals surface area (Å²) in [5.41, 5.74) is 1.36. The van der Waals surface area contributed by atoms with Gasteiger partial charge in [0.15, 0.2) is 0 Å². The number of ether oxygens (including phenoxy) is 1. The van der Waals surface area contributed by atoms with E-state index in [0.29, 0.717) is 6.10 Å². The second kappa shape index (κ2) is 4.89. The molecule has 0 N–H and O–H groups in total. The van der Waals surface area contributed by atoms with Crippen molar-refractivity contribution in [1.82, 2.24) is 4.90 Å². The Morgan fingerprint density at radius 3 is 2.84 bits per heavy atom. The molecular weight excluding hydrogens is 254 g/mol. The number of thiophene rings is 1. The Hall–Kier alpha value is -0.900. The Kier molecular flexibility index (Phi) is 3.06. The lowest BCUT2D eigenvalue weighted by molar-refractivity contribution is -0.0762. The molecule has 0 amide bonds. The molecule has 3 saturated heterocycles. The third kappa shape index (κ3) is 2.20. The lowest BCUT2D eigenvalue weighted by Crippen LogP contribution is -2.51. The van der Waals surface area contributed by atoms with Gasteiger partial charge in [0.05, 0.1) is 12.7 Å². The molecule has 2 aromatic rings. The molecule has 1 aromatic heterocycles. The smallest absolute Gasteiger partial charge is 0.0735 e. The minimum atomic E-state index is 0.459. The van der Waals surface area contributed by atoms with Crippen molar-refractivity contribution < 1.29 is 4.74 Å². The summed E-state index contributed by atoms with van der Waals surface area (Å²) in [6, 6.07) is 8.63. The van der Waals surface area contributed by atoms with Crippen LogP contribution in [0.1, 0.15) is 18.4 Å². The molecule has 0 aliphatic carbocycles. The van der Waals surface area contributed by atoms with Gasteiger partial charge in [-0.1, -0.05) is 18.2 Å². The number of fused-ring (bicyclic) bond motifs is 4. The molecule has 5 rings (SSSR count). The van der Waals surface area contributed by atoms with Crippen LogP contribution in [0.4, 0.5) is 0 Å². The molecule has 3 aliphatic heterocycles. The van der Waals surface area contributed by atoms with Gasteiger partial charge in [-0.3, -0.25) is 0 Å². The number of piperidine rings is 3. The summed E-state index contributed by atoms with van der Waals surface area (Å²) in [5.74, 6) is 0.801. The van der Waals surface area contributed by atoms with Crippen molar-refractivity contribution in [1.29, 1.82) is 0 Å². The number of benzene rings is 1. The molecule has 0 radical (unpaired) electrons. The van der Waals surface area contributed by atoms with E-state index in [1.54, 1.807) is 0 Å². The summed E-state index contributed by atoms with van der Waals surface area (Å²) in [7, 11) is 0. The minimum absolute atomic E-state index is 0.459. The van der Waals surface area contributed by atoms with Gasteiger partial charge in [-0.25, -0.2) is 0 Å². The predicted octanol–water partition coefficient (Wildman–Crippen LogP) is 3.51. The van der Waals surface area contributed by atoms with Crippen LogP contribution in [-0.4, -0.2) is 30.6 Å². The van der Waals surface area contributed by atoms with Crippen LogP contribution in [0.15, 0.2) is 29.6 Å². The van der Waals surface area contributed by atoms with Crippen molar-refractivity contribution in [3.8, 4) is 0 Å². The molecule has 2 bridgehead atoms. The topological polar surface area (TPSA) is 12.5 Å². The molecule has 100 valence electrons. The van der Waals surface area contributed by atoms with Gasteiger partial charge < -0.3 is 9.64 Å². The first kappa shape index (κ1) is 11.9. The zero-order valence-corrected chi connectivity index (χ0v) is 11.9. The minimum Gasteiger partial charge on any atom is -0.372 e. The first-order chi connectivity index (χ1) is 9.40. The van der Waals surface area contributed by atoms with Crippen LogP contribution in [0.2, 0.25) is 0 Å². The lowest BCUT2D eigenvalue weighted by Gasteiger charge is -2.44. The summed E-state index contributed by atoms with van der Waals surface area (Å²) in [4.78, 5) is 2.55. The Bertz CT molecular complexity index is 571. The molecular formula is C16H19NOS. The van der Waals surface area contributed by atoms with E-state index in [1.165, 1.54) is 41.6 Å². The lowest BCUT2D eigenvalue weighted by atomic mass is 9.86. The summed E-state index contributed by atoms with van der Waals surface area (Å²) in [6.45, 7) is 4.49. The van der Waals surface area contributed by atoms with Crippen molar-refractivity contribution in [2.75, 3.05) is 19.6 Å². The monoisotopic (exact) mass is 273 g/mol. The quantitative estimate of drug-likeness (QED) is 0.848. The molecule has 2 nitrogen and oxygen atoms in total. The second-order valence-electron chi connectivity index (χ2n) is 5.74. The highest BCUT2D eigenvalue weighted by atomic mass is 32.1. The third-order valence-electron chi connectivity index (χ3n) is 4.61. The fourth-order valence-electron chi connectivity index (χ4n) is 3.44. The van der Waals surface area contributed by atoms with Gasteiger partial charge in [-0.2, -0.15) is 0 Å². The molecule has 0 spiro atoms. The van der Waals surface area contributed by atoms with E-state index in [9.17, 15) is 0 Å². The fourth-order valence-corrected chi connectivity index (χ4v) is 4.39. The molecule has 1 atom stereocenters. The van der Waals surface area contributed by atoms with Gasteiger partial charge in [0.2, 0.25) is 0 Å². The summed E-state index contributed by atoms with van der Waals surface area (Å²) < 4.78 is 7.60. The van der Waals surface area contributed by atoms with E-state index in [1.807, 2.05) is 11.3 Å². The van der Waals surface area contributed by atoms with E-state index < -0.39 is 0 Å². The van der Waals surface area contributed by atoms with Gasteiger partial charge in [0.1, 0.15) is 0 Å². The third-order valence-corrected chi connectivity index (χ3v) is 5.62.